The Balaban J connectivity index is 2.13. The van der Waals surface area contributed by atoms with Crippen molar-refractivity contribution in [3.8, 4) is 0 Å². The van der Waals surface area contributed by atoms with Gasteiger partial charge >= 0.3 is 0 Å². The molecule has 1 unspecified atom stereocenters. The van der Waals surface area contributed by atoms with Crippen LogP contribution in [0.3, 0.4) is 0 Å². The normalized spacial score (nSPS) is 27.5. The zero-order chi connectivity index (χ0) is 7.23. The van der Waals surface area contributed by atoms with Crippen molar-refractivity contribution in [2.45, 2.75) is 19.3 Å². The minimum absolute atomic E-state index is 0.823. The molecule has 0 aromatic carbocycles. The highest BCUT2D eigenvalue weighted by Crippen LogP contribution is 2.14. The lowest BCUT2D eigenvalue weighted by Gasteiger charge is -2.20. The van der Waals surface area contributed by atoms with E-state index in [2.05, 4.69) is 5.32 Å². The molecule has 0 aromatic heterocycles. The van der Waals surface area contributed by atoms with Crippen LogP contribution in [0.25, 0.3) is 0 Å². The van der Waals surface area contributed by atoms with E-state index in [1.165, 1.54) is 25.9 Å². The number of allylic oxidation sites excluding steroid dienone is 1. The topological polar surface area (TPSA) is 12.0 Å². The van der Waals surface area contributed by atoms with Crippen molar-refractivity contribution in [2.75, 3.05) is 13.1 Å². The van der Waals surface area contributed by atoms with Gasteiger partial charge < -0.3 is 5.32 Å². The van der Waals surface area contributed by atoms with E-state index in [-0.39, 0.29) is 0 Å². The molecular formula is C8H14ClN. The zero-order valence-electron chi connectivity index (χ0n) is 6.15. The van der Waals surface area contributed by atoms with Crippen LogP contribution in [0.2, 0.25) is 0 Å². The molecule has 1 fully saturated rings. The highest BCUT2D eigenvalue weighted by atomic mass is 35.5. The maximum atomic E-state index is 5.42. The lowest BCUT2D eigenvalue weighted by Crippen LogP contribution is -2.29. The smallest absolute Gasteiger partial charge is 0.000256 e. The second-order valence-corrected chi connectivity index (χ2v) is 3.06. The number of piperidine rings is 1. The van der Waals surface area contributed by atoms with Crippen LogP contribution in [0.1, 0.15) is 19.3 Å². The van der Waals surface area contributed by atoms with Crippen molar-refractivity contribution in [2.24, 2.45) is 5.92 Å². The summed E-state index contributed by atoms with van der Waals surface area (Å²) >= 11 is 5.42. The Morgan fingerprint density at radius 1 is 1.60 bits per heavy atom. The third-order valence-electron chi connectivity index (χ3n) is 1.96. The van der Waals surface area contributed by atoms with Gasteiger partial charge in [0.25, 0.3) is 0 Å². The fourth-order valence-electron chi connectivity index (χ4n) is 1.37. The van der Waals surface area contributed by atoms with Gasteiger partial charge in [0.1, 0.15) is 0 Å². The van der Waals surface area contributed by atoms with Gasteiger partial charge in [0.2, 0.25) is 0 Å². The first kappa shape index (κ1) is 8.09. The Kier molecular flexibility index (Phi) is 3.84. The Morgan fingerprint density at radius 2 is 2.50 bits per heavy atom. The molecule has 1 atom stereocenters. The molecule has 1 aliphatic heterocycles. The minimum atomic E-state index is 0.823. The molecule has 0 bridgehead atoms. The summed E-state index contributed by atoms with van der Waals surface area (Å²) in [7, 11) is 0. The van der Waals surface area contributed by atoms with Crippen molar-refractivity contribution < 1.29 is 0 Å². The van der Waals surface area contributed by atoms with Crippen molar-refractivity contribution in [3.63, 3.8) is 0 Å². The van der Waals surface area contributed by atoms with E-state index in [4.69, 9.17) is 11.6 Å². The van der Waals surface area contributed by atoms with E-state index in [0.717, 1.165) is 12.3 Å². The number of hydrogen-bond acceptors (Lipinski definition) is 1. The third kappa shape index (κ3) is 2.72. The second kappa shape index (κ2) is 4.75. The Labute approximate surface area is 67.5 Å². The molecule has 10 heavy (non-hydrogen) atoms. The quantitative estimate of drug-likeness (QED) is 0.651. The predicted molar refractivity (Wildman–Crippen MR) is 45.2 cm³/mol. The van der Waals surface area contributed by atoms with Gasteiger partial charge in [-0.2, -0.15) is 0 Å². The Morgan fingerprint density at radius 3 is 3.10 bits per heavy atom. The summed E-state index contributed by atoms with van der Waals surface area (Å²) in [6.45, 7) is 2.36. The van der Waals surface area contributed by atoms with Gasteiger partial charge in [0.15, 0.2) is 0 Å². The minimum Gasteiger partial charge on any atom is -0.316 e. The molecule has 1 rings (SSSR count). The molecule has 1 heterocycles. The van der Waals surface area contributed by atoms with Crippen molar-refractivity contribution in [1.29, 1.82) is 0 Å². The summed E-state index contributed by atoms with van der Waals surface area (Å²) in [5, 5.41) is 3.37. The highest BCUT2D eigenvalue weighted by molar-refractivity contribution is 6.25. The van der Waals surface area contributed by atoms with Crippen LogP contribution in [0.15, 0.2) is 11.6 Å². The monoisotopic (exact) mass is 159 g/mol. The van der Waals surface area contributed by atoms with Gasteiger partial charge in [0.05, 0.1) is 0 Å². The van der Waals surface area contributed by atoms with Gasteiger partial charge in [-0.25, -0.2) is 0 Å². The molecule has 1 nitrogen and oxygen atoms in total. The van der Waals surface area contributed by atoms with Crippen LogP contribution < -0.4 is 5.32 Å². The molecule has 0 aromatic rings. The first-order valence-electron chi connectivity index (χ1n) is 3.89. The molecule has 2 heteroatoms. The van der Waals surface area contributed by atoms with E-state index >= 15 is 0 Å². The SMILES string of the molecule is Cl/C=C/CC1CCCNC1. The van der Waals surface area contributed by atoms with E-state index in [0.29, 0.717) is 0 Å². The second-order valence-electron chi connectivity index (χ2n) is 2.81. The molecule has 0 amide bonds. The first-order valence-corrected chi connectivity index (χ1v) is 4.33. The van der Waals surface area contributed by atoms with Crippen LogP contribution >= 0.6 is 11.6 Å². The zero-order valence-corrected chi connectivity index (χ0v) is 6.90. The average molecular weight is 160 g/mol. The van der Waals surface area contributed by atoms with Gasteiger partial charge in [-0.15, -0.1) is 0 Å². The fourth-order valence-corrected chi connectivity index (χ4v) is 1.47. The maximum Gasteiger partial charge on any atom is 0.000256 e. The van der Waals surface area contributed by atoms with Crippen molar-refractivity contribution >= 4 is 11.6 Å². The summed E-state index contributed by atoms with van der Waals surface area (Å²) in [4.78, 5) is 0. The Hall–Kier alpha value is -0.0100. The molecule has 0 aliphatic carbocycles. The van der Waals surface area contributed by atoms with Gasteiger partial charge in [-0.3, -0.25) is 0 Å². The summed E-state index contributed by atoms with van der Waals surface area (Å²) in [6.07, 6.45) is 5.85. The molecule has 0 radical (unpaired) electrons. The van der Waals surface area contributed by atoms with Crippen LogP contribution in [0, 0.1) is 5.92 Å². The van der Waals surface area contributed by atoms with E-state index in [1.807, 2.05) is 6.08 Å². The molecule has 1 aliphatic rings. The third-order valence-corrected chi connectivity index (χ3v) is 2.14. The number of nitrogens with one attached hydrogen (secondary N) is 1. The van der Waals surface area contributed by atoms with Crippen LogP contribution in [0.5, 0.6) is 0 Å². The number of rotatable bonds is 2. The maximum absolute atomic E-state index is 5.42. The largest absolute Gasteiger partial charge is 0.316 e. The van der Waals surface area contributed by atoms with E-state index in [9.17, 15) is 0 Å². The highest BCUT2D eigenvalue weighted by Gasteiger charge is 2.09. The Bertz CT molecular complexity index is 106. The van der Waals surface area contributed by atoms with Crippen LogP contribution in [-0.2, 0) is 0 Å². The summed E-state index contributed by atoms with van der Waals surface area (Å²) < 4.78 is 0. The van der Waals surface area contributed by atoms with Gasteiger partial charge in [-0.1, -0.05) is 17.7 Å². The molecule has 1 saturated heterocycles. The average Bonchev–Trinajstić information content (AvgIpc) is 2.03. The van der Waals surface area contributed by atoms with E-state index < -0.39 is 0 Å². The van der Waals surface area contributed by atoms with Gasteiger partial charge in [-0.05, 0) is 38.3 Å². The van der Waals surface area contributed by atoms with Crippen molar-refractivity contribution in [1.82, 2.24) is 5.32 Å². The van der Waals surface area contributed by atoms with Gasteiger partial charge in [0, 0.05) is 5.54 Å². The van der Waals surface area contributed by atoms with Crippen LogP contribution in [0.4, 0.5) is 0 Å². The molecular weight excluding hydrogens is 146 g/mol. The summed E-state index contributed by atoms with van der Waals surface area (Å²) in [6, 6.07) is 0. The van der Waals surface area contributed by atoms with E-state index in [1.54, 1.807) is 5.54 Å². The fraction of sp³-hybridized carbons (Fsp3) is 0.750. The van der Waals surface area contributed by atoms with Crippen LogP contribution in [-0.4, -0.2) is 13.1 Å². The summed E-state index contributed by atoms with van der Waals surface area (Å²) in [5.74, 6) is 0.823. The lowest BCUT2D eigenvalue weighted by atomic mass is 9.96. The molecule has 0 spiro atoms. The molecule has 0 saturated carbocycles. The molecule has 1 N–H and O–H groups in total. The molecule has 58 valence electrons. The standard InChI is InChI=1S/C8H14ClN/c9-5-1-3-8-4-2-6-10-7-8/h1,5,8,10H,2-4,6-7H2/b5-1+. The number of halogens is 1. The first-order chi connectivity index (χ1) is 4.93. The summed E-state index contributed by atoms with van der Waals surface area (Å²) in [5.41, 5.74) is 1.62. The predicted octanol–water partition coefficient (Wildman–Crippen LogP) is 2.13. The van der Waals surface area contributed by atoms with Crippen molar-refractivity contribution in [3.05, 3.63) is 11.6 Å². The number of hydrogen-bond donors (Lipinski definition) is 1. The lowest BCUT2D eigenvalue weighted by molar-refractivity contribution is 0.381.